The van der Waals surface area contributed by atoms with Crippen molar-refractivity contribution in [2.24, 2.45) is 0 Å². The van der Waals surface area contributed by atoms with Gasteiger partial charge in [0.15, 0.2) is 0 Å². The van der Waals surface area contributed by atoms with E-state index in [9.17, 15) is 9.18 Å². The van der Waals surface area contributed by atoms with Crippen molar-refractivity contribution >= 4 is 11.6 Å². The van der Waals surface area contributed by atoms with Crippen molar-refractivity contribution in [3.63, 3.8) is 0 Å². The molecule has 10 heteroatoms. The van der Waals surface area contributed by atoms with Crippen LogP contribution in [0.1, 0.15) is 31.5 Å². The second-order valence-electron chi connectivity index (χ2n) is 7.51. The van der Waals surface area contributed by atoms with Crippen molar-refractivity contribution < 1.29 is 4.39 Å². The topological polar surface area (TPSA) is 83.4 Å². The highest BCUT2D eigenvalue weighted by molar-refractivity contribution is 6.30. The predicted octanol–water partition coefficient (Wildman–Crippen LogP) is 3.56. The highest BCUT2D eigenvalue weighted by atomic mass is 35.5. The van der Waals surface area contributed by atoms with Gasteiger partial charge in [-0.2, -0.15) is 10.2 Å². The van der Waals surface area contributed by atoms with E-state index < -0.39 is 5.82 Å². The molecule has 158 valence electrons. The molecule has 1 fully saturated rings. The van der Waals surface area contributed by atoms with Crippen molar-refractivity contribution in [2.75, 3.05) is 0 Å². The monoisotopic (exact) mass is 439 g/mol. The quantitative estimate of drug-likeness (QED) is 0.458. The molecule has 0 amide bonds. The van der Waals surface area contributed by atoms with E-state index in [0.717, 1.165) is 18.4 Å². The summed E-state index contributed by atoms with van der Waals surface area (Å²) >= 11 is 5.87. The third-order valence-corrected chi connectivity index (χ3v) is 5.58. The van der Waals surface area contributed by atoms with Gasteiger partial charge in [-0.1, -0.05) is 16.8 Å². The maximum atomic E-state index is 14.5. The zero-order chi connectivity index (χ0) is 21.5. The molecule has 4 aromatic rings. The average Bonchev–Trinajstić information content (AvgIpc) is 3.35. The molecule has 0 unspecified atom stereocenters. The highest BCUT2D eigenvalue weighted by Crippen LogP contribution is 2.35. The van der Waals surface area contributed by atoms with Gasteiger partial charge in [0.25, 0.3) is 5.56 Å². The lowest BCUT2D eigenvalue weighted by Gasteiger charge is -2.09. The lowest BCUT2D eigenvalue weighted by molar-refractivity contribution is 0.551. The summed E-state index contributed by atoms with van der Waals surface area (Å²) in [6.07, 6.45) is 7.60. The molecule has 0 bridgehead atoms. The van der Waals surface area contributed by atoms with Gasteiger partial charge in [0.2, 0.25) is 0 Å². The third-order valence-electron chi connectivity index (χ3n) is 5.35. The van der Waals surface area contributed by atoms with Gasteiger partial charge in [0.1, 0.15) is 11.5 Å². The summed E-state index contributed by atoms with van der Waals surface area (Å²) in [4.78, 5) is 12.8. The molecule has 0 saturated heterocycles. The zero-order valence-corrected chi connectivity index (χ0v) is 17.5. The van der Waals surface area contributed by atoms with E-state index in [1.807, 2.05) is 17.8 Å². The maximum absolute atomic E-state index is 14.5. The first-order valence-corrected chi connectivity index (χ1v) is 10.4. The van der Waals surface area contributed by atoms with Crippen LogP contribution in [-0.4, -0.2) is 34.6 Å². The molecule has 0 radical (unpaired) electrons. The number of nitrogens with zero attached hydrogens (tertiary/aromatic N) is 7. The first-order valence-electron chi connectivity index (χ1n) is 10.0. The summed E-state index contributed by atoms with van der Waals surface area (Å²) < 4.78 is 19.4. The minimum atomic E-state index is -0.500. The molecule has 3 aromatic heterocycles. The fourth-order valence-electron chi connectivity index (χ4n) is 3.51. The normalized spacial score (nSPS) is 13.6. The number of halogens is 2. The number of aromatic nitrogens is 7. The van der Waals surface area contributed by atoms with Crippen LogP contribution in [0, 0.1) is 5.82 Å². The van der Waals surface area contributed by atoms with Crippen molar-refractivity contribution in [3.05, 3.63) is 69.7 Å². The summed E-state index contributed by atoms with van der Waals surface area (Å²) in [6.45, 7) is 2.53. The standard InChI is InChI=1S/C21H19ClFN7O/c1-2-28-19(21(26-27-28)17-6-3-15(22)8-18(17)23)12-30-20(31)7-13(9-25-30)14-10-24-29(11-14)16-4-5-16/h3,6-11,16H,2,4-5,12H2,1H3. The summed E-state index contributed by atoms with van der Waals surface area (Å²) in [5.41, 5.74) is 2.51. The molecule has 1 aliphatic rings. The summed E-state index contributed by atoms with van der Waals surface area (Å²) in [5, 5.41) is 17.2. The van der Waals surface area contributed by atoms with Crippen LogP contribution in [-0.2, 0) is 13.1 Å². The van der Waals surface area contributed by atoms with Crippen molar-refractivity contribution in [1.29, 1.82) is 0 Å². The van der Waals surface area contributed by atoms with Crippen LogP contribution in [0.25, 0.3) is 22.4 Å². The fourth-order valence-corrected chi connectivity index (χ4v) is 3.67. The molecule has 1 aromatic carbocycles. The number of hydrogen-bond acceptors (Lipinski definition) is 5. The minimum absolute atomic E-state index is 0.110. The average molecular weight is 440 g/mol. The molecule has 3 heterocycles. The van der Waals surface area contributed by atoms with Crippen molar-refractivity contribution in [2.45, 2.75) is 38.9 Å². The molecular weight excluding hydrogens is 421 g/mol. The molecule has 1 aliphatic carbocycles. The van der Waals surface area contributed by atoms with Crippen LogP contribution in [0.5, 0.6) is 0 Å². The summed E-state index contributed by atoms with van der Waals surface area (Å²) in [7, 11) is 0. The maximum Gasteiger partial charge on any atom is 0.267 e. The van der Waals surface area contributed by atoms with Gasteiger partial charge in [0, 0.05) is 40.5 Å². The predicted molar refractivity (Wildman–Crippen MR) is 113 cm³/mol. The van der Waals surface area contributed by atoms with Gasteiger partial charge >= 0.3 is 0 Å². The van der Waals surface area contributed by atoms with Crippen LogP contribution >= 0.6 is 11.6 Å². The van der Waals surface area contributed by atoms with Crippen LogP contribution in [0.4, 0.5) is 4.39 Å². The number of hydrogen-bond donors (Lipinski definition) is 0. The largest absolute Gasteiger partial charge is 0.269 e. The second-order valence-corrected chi connectivity index (χ2v) is 7.94. The summed E-state index contributed by atoms with van der Waals surface area (Å²) in [5.74, 6) is -0.500. The summed E-state index contributed by atoms with van der Waals surface area (Å²) in [6, 6.07) is 6.38. The SMILES string of the molecule is CCn1nnc(-c2ccc(Cl)cc2F)c1Cn1ncc(-c2cnn(C3CC3)c2)cc1=O. The fraction of sp³-hybridized carbons (Fsp3) is 0.286. The van der Waals surface area contributed by atoms with Gasteiger partial charge in [-0.3, -0.25) is 9.48 Å². The van der Waals surface area contributed by atoms with Crippen molar-refractivity contribution in [3.8, 4) is 22.4 Å². The Balaban J connectivity index is 1.48. The van der Waals surface area contributed by atoms with Crippen LogP contribution in [0.3, 0.4) is 0 Å². The van der Waals surface area contributed by atoms with E-state index in [-0.39, 0.29) is 17.7 Å². The zero-order valence-electron chi connectivity index (χ0n) is 16.7. The van der Waals surface area contributed by atoms with Crippen molar-refractivity contribution in [1.82, 2.24) is 34.6 Å². The Labute approximate surface area is 181 Å². The van der Waals surface area contributed by atoms with E-state index in [2.05, 4.69) is 20.5 Å². The van der Waals surface area contributed by atoms with E-state index in [1.54, 1.807) is 29.2 Å². The Morgan fingerprint density at radius 1 is 1.13 bits per heavy atom. The number of benzene rings is 1. The van der Waals surface area contributed by atoms with Crippen LogP contribution < -0.4 is 5.56 Å². The Kier molecular flexibility index (Phi) is 4.90. The van der Waals surface area contributed by atoms with E-state index in [4.69, 9.17) is 11.6 Å². The Morgan fingerprint density at radius 2 is 1.94 bits per heavy atom. The van der Waals surface area contributed by atoms with E-state index >= 15 is 0 Å². The van der Waals surface area contributed by atoms with Gasteiger partial charge in [-0.25, -0.2) is 13.8 Å². The smallest absolute Gasteiger partial charge is 0.267 e. The highest BCUT2D eigenvalue weighted by Gasteiger charge is 2.24. The van der Waals surface area contributed by atoms with Gasteiger partial charge in [-0.05, 0) is 38.0 Å². The molecule has 0 spiro atoms. The Hall–Kier alpha value is -3.33. The molecule has 31 heavy (non-hydrogen) atoms. The van der Waals surface area contributed by atoms with Gasteiger partial charge in [0.05, 0.1) is 30.7 Å². The van der Waals surface area contributed by atoms with E-state index in [1.165, 1.54) is 16.8 Å². The first kappa shape index (κ1) is 19.6. The number of rotatable bonds is 6. The lowest BCUT2D eigenvalue weighted by Crippen LogP contribution is -2.24. The van der Waals surface area contributed by atoms with Crippen LogP contribution in [0.2, 0.25) is 5.02 Å². The second kappa shape index (κ2) is 7.73. The van der Waals surface area contributed by atoms with Gasteiger partial charge < -0.3 is 0 Å². The molecule has 5 rings (SSSR count). The Morgan fingerprint density at radius 3 is 2.65 bits per heavy atom. The molecule has 0 atom stereocenters. The molecule has 0 N–H and O–H groups in total. The first-order chi connectivity index (χ1) is 15.0. The lowest BCUT2D eigenvalue weighted by atomic mass is 10.1. The van der Waals surface area contributed by atoms with Gasteiger partial charge in [-0.15, -0.1) is 5.10 Å². The molecule has 0 aliphatic heterocycles. The van der Waals surface area contributed by atoms with E-state index in [0.29, 0.717) is 34.6 Å². The Bertz CT molecular complexity index is 1320. The third kappa shape index (κ3) is 3.76. The molecule has 1 saturated carbocycles. The van der Waals surface area contributed by atoms with Crippen LogP contribution in [0.15, 0.2) is 47.7 Å². The number of aryl methyl sites for hydroxylation is 1. The minimum Gasteiger partial charge on any atom is -0.269 e. The molecular formula is C21H19ClFN7O. The molecule has 8 nitrogen and oxygen atoms in total.